The number of aliphatic hydroxyl groups excluding tert-OH is 1. The molecule has 1 aromatic heterocycles. The average molecular weight is 597 g/mol. The van der Waals surface area contributed by atoms with Crippen LogP contribution in [0.25, 0.3) is 0 Å². The molecule has 2 heterocycles. The van der Waals surface area contributed by atoms with Crippen molar-refractivity contribution in [2.24, 2.45) is 11.3 Å². The first-order chi connectivity index (χ1) is 18.1. The largest absolute Gasteiger partial charge is 0.462 e. The highest BCUT2D eigenvalue weighted by Crippen LogP contribution is 2.46. The van der Waals surface area contributed by atoms with E-state index < -0.39 is 74.6 Å². The highest BCUT2D eigenvalue weighted by atomic mass is 32.2. The van der Waals surface area contributed by atoms with Gasteiger partial charge in [-0.25, -0.2) is 14.4 Å². The molecule has 1 aliphatic heterocycles. The highest BCUT2D eigenvalue weighted by Gasteiger charge is 2.46. The molecule has 0 unspecified atom stereocenters. The summed E-state index contributed by atoms with van der Waals surface area (Å²) in [4.78, 5) is 40.3. The molecule has 0 aromatic carbocycles. The number of anilines is 1. The maximum atomic E-state index is 13.9. The molecule has 0 aliphatic carbocycles. The average Bonchev–Trinajstić information content (AvgIpc) is 3.14. The summed E-state index contributed by atoms with van der Waals surface area (Å²) in [5, 5.41) is 13.0. The van der Waals surface area contributed by atoms with E-state index >= 15 is 0 Å². The second-order valence-electron chi connectivity index (χ2n) is 10.3. The Morgan fingerprint density at radius 3 is 2.56 bits per heavy atom. The minimum absolute atomic E-state index is 0.0395. The number of nitrogens with zero attached hydrogens (tertiary/aromatic N) is 2. The zero-order valence-electron chi connectivity index (χ0n) is 22.9. The van der Waals surface area contributed by atoms with Gasteiger partial charge in [-0.15, -0.1) is 0 Å². The summed E-state index contributed by atoms with van der Waals surface area (Å²) in [6.07, 6.45) is -3.07. The number of ether oxygens (including phenoxy) is 2. The van der Waals surface area contributed by atoms with Gasteiger partial charge in [0, 0.05) is 23.3 Å². The third-order valence-corrected chi connectivity index (χ3v) is 8.44. The second kappa shape index (κ2) is 14.2. The third kappa shape index (κ3) is 9.62. The number of hydrogen-bond donors (Lipinski definition) is 3. The molecule has 39 heavy (non-hydrogen) atoms. The van der Waals surface area contributed by atoms with Gasteiger partial charge in [0.15, 0.2) is 11.3 Å². The summed E-state index contributed by atoms with van der Waals surface area (Å²) in [6.45, 7) is 8.25. The fourth-order valence-corrected chi connectivity index (χ4v) is 5.80. The summed E-state index contributed by atoms with van der Waals surface area (Å²) < 4.78 is 50.3. The Balaban J connectivity index is 2.15. The number of aromatic nitrogens is 2. The first-order valence-corrected chi connectivity index (χ1v) is 14.9. The van der Waals surface area contributed by atoms with Crippen LogP contribution in [0.2, 0.25) is 0 Å². The van der Waals surface area contributed by atoms with E-state index in [1.807, 2.05) is 0 Å². The number of halogens is 1. The van der Waals surface area contributed by atoms with Gasteiger partial charge < -0.3 is 20.3 Å². The fourth-order valence-electron chi connectivity index (χ4n) is 3.41. The van der Waals surface area contributed by atoms with Crippen LogP contribution in [0.15, 0.2) is 17.1 Å². The number of thioether (sulfide) groups is 1. The number of hydrogen-bond acceptors (Lipinski definition) is 12. The van der Waals surface area contributed by atoms with Gasteiger partial charge in [-0.05, 0) is 26.8 Å². The van der Waals surface area contributed by atoms with Crippen molar-refractivity contribution >= 4 is 36.4 Å². The number of rotatable bonds is 13. The number of carbonyl (C=O) groups is 2. The van der Waals surface area contributed by atoms with Crippen LogP contribution in [0.1, 0.15) is 47.8 Å². The maximum Gasteiger partial charge on any atom is 0.406 e. The van der Waals surface area contributed by atoms with E-state index in [0.717, 1.165) is 16.3 Å². The molecule has 0 bridgehead atoms. The summed E-state index contributed by atoms with van der Waals surface area (Å²) in [6, 6.07) is 0.207. The number of alkyl halides is 1. The van der Waals surface area contributed by atoms with Crippen molar-refractivity contribution in [1.82, 2.24) is 14.6 Å². The molecule has 2 rings (SSSR count). The molecular weight excluding hydrogens is 558 g/mol. The van der Waals surface area contributed by atoms with E-state index in [-0.39, 0.29) is 23.3 Å². The molecule has 1 fully saturated rings. The van der Waals surface area contributed by atoms with Crippen molar-refractivity contribution in [3.05, 3.63) is 22.7 Å². The molecule has 0 amide bonds. The predicted molar refractivity (Wildman–Crippen MR) is 143 cm³/mol. The zero-order chi connectivity index (χ0) is 29.5. The number of nitrogens with one attached hydrogen (secondary N) is 1. The molecule has 1 aliphatic rings. The van der Waals surface area contributed by atoms with Crippen molar-refractivity contribution in [1.29, 1.82) is 0 Å². The number of aliphatic hydroxyl groups is 1. The van der Waals surface area contributed by atoms with Crippen molar-refractivity contribution in [3.8, 4) is 0 Å². The van der Waals surface area contributed by atoms with E-state index in [4.69, 9.17) is 24.3 Å². The molecule has 0 radical (unpaired) electrons. The minimum atomic E-state index is -4.25. The Morgan fingerprint density at radius 2 is 2.00 bits per heavy atom. The first-order valence-electron chi connectivity index (χ1n) is 12.4. The molecule has 1 saturated heterocycles. The van der Waals surface area contributed by atoms with Crippen LogP contribution in [0.4, 0.5) is 10.2 Å². The van der Waals surface area contributed by atoms with Crippen LogP contribution in [-0.2, 0) is 32.7 Å². The van der Waals surface area contributed by atoms with Crippen LogP contribution in [0, 0.1) is 11.3 Å². The molecule has 4 N–H and O–H groups in total. The molecule has 6 atom stereocenters. The first kappa shape index (κ1) is 33.3. The van der Waals surface area contributed by atoms with E-state index in [2.05, 4.69) is 10.1 Å². The number of nitrogen functional groups attached to an aromatic ring is 1. The number of carbonyl (C=O) groups excluding carboxylic acids is 2. The van der Waals surface area contributed by atoms with Crippen molar-refractivity contribution in [2.45, 2.75) is 72.1 Å². The topological polar surface area (TPSA) is 181 Å². The lowest BCUT2D eigenvalue weighted by molar-refractivity contribution is -0.149. The Bertz CT molecular complexity index is 1100. The van der Waals surface area contributed by atoms with Gasteiger partial charge in [-0.1, -0.05) is 32.5 Å². The molecular formula is C23H38FN4O9PS. The van der Waals surface area contributed by atoms with Crippen LogP contribution in [0.3, 0.4) is 0 Å². The van der Waals surface area contributed by atoms with Gasteiger partial charge in [-0.3, -0.25) is 27.6 Å². The quantitative estimate of drug-likeness (QED) is 0.171. The standard InChI is InChI=1S/C23H38FN4O9PS/c1-13(2)36-20(30)14(3)27-38(33,34-9-10-39-21(31)23(4,5)6)35-12-16-15(11-24)18(29)19(37-16)28-8-7-17(25)26-22(28)32/h7-8,13-16,18-19,29H,9-12H2,1-6H3,(H,27,33)(H2,25,26,32)/t14-,15+,16+,18+,19+,38-/m0/s1. The van der Waals surface area contributed by atoms with Gasteiger partial charge in [0.05, 0.1) is 32.1 Å². The van der Waals surface area contributed by atoms with Gasteiger partial charge >= 0.3 is 19.4 Å². The predicted octanol–water partition coefficient (Wildman–Crippen LogP) is 2.05. The zero-order valence-corrected chi connectivity index (χ0v) is 24.6. The fraction of sp³-hybridized carbons (Fsp3) is 0.739. The van der Waals surface area contributed by atoms with E-state index in [9.17, 15) is 28.4 Å². The van der Waals surface area contributed by atoms with Gasteiger partial charge in [0.2, 0.25) is 0 Å². The smallest absolute Gasteiger partial charge is 0.406 e. The minimum Gasteiger partial charge on any atom is -0.462 e. The van der Waals surface area contributed by atoms with Gasteiger partial charge in [0.25, 0.3) is 0 Å². The molecule has 222 valence electrons. The Kier molecular flexibility index (Phi) is 12.1. The summed E-state index contributed by atoms with van der Waals surface area (Å²) in [5.74, 6) is -1.74. The summed E-state index contributed by atoms with van der Waals surface area (Å²) in [7, 11) is -4.25. The van der Waals surface area contributed by atoms with Gasteiger partial charge in [0.1, 0.15) is 18.0 Å². The molecule has 0 spiro atoms. The Hall–Kier alpha value is -1.87. The normalized spacial score (nSPS) is 23.9. The highest BCUT2D eigenvalue weighted by molar-refractivity contribution is 8.13. The third-order valence-electron chi connectivity index (χ3n) is 5.48. The lowest BCUT2D eigenvalue weighted by atomic mass is 10.00. The molecule has 1 aromatic rings. The van der Waals surface area contributed by atoms with Crippen LogP contribution >= 0.6 is 19.5 Å². The van der Waals surface area contributed by atoms with E-state index in [1.165, 1.54) is 19.2 Å². The molecule has 13 nitrogen and oxygen atoms in total. The summed E-state index contributed by atoms with van der Waals surface area (Å²) in [5.41, 5.74) is 4.10. The monoisotopic (exact) mass is 596 g/mol. The van der Waals surface area contributed by atoms with Crippen LogP contribution in [0.5, 0.6) is 0 Å². The Morgan fingerprint density at radius 1 is 1.33 bits per heavy atom. The van der Waals surface area contributed by atoms with Crippen molar-refractivity contribution < 1.29 is 42.2 Å². The summed E-state index contributed by atoms with van der Waals surface area (Å²) >= 11 is 0.991. The molecule has 0 saturated carbocycles. The van der Waals surface area contributed by atoms with Gasteiger partial charge in [-0.2, -0.15) is 4.98 Å². The van der Waals surface area contributed by atoms with Crippen LogP contribution in [-0.4, -0.2) is 75.7 Å². The van der Waals surface area contributed by atoms with E-state index in [0.29, 0.717) is 0 Å². The number of nitrogens with two attached hydrogens (primary N) is 1. The van der Waals surface area contributed by atoms with Crippen molar-refractivity contribution in [3.63, 3.8) is 0 Å². The lowest BCUT2D eigenvalue weighted by Gasteiger charge is -2.25. The van der Waals surface area contributed by atoms with E-state index in [1.54, 1.807) is 34.6 Å². The SMILES string of the molecule is CC(C)OC(=O)[C@H](C)N[P@](=O)(OCCSC(=O)C(C)(C)C)OC[C@H]1O[C@@H](n2ccc(N)nc2=O)[C@H](O)[C@@H]1CF. The maximum absolute atomic E-state index is 13.9. The lowest BCUT2D eigenvalue weighted by Crippen LogP contribution is -2.37. The number of esters is 1. The van der Waals surface area contributed by atoms with Crippen LogP contribution < -0.4 is 16.5 Å². The Labute approximate surface area is 230 Å². The van der Waals surface area contributed by atoms with Crippen molar-refractivity contribution in [2.75, 3.05) is 31.4 Å². The second-order valence-corrected chi connectivity index (χ2v) is 13.1. The molecule has 16 heteroatoms.